The molecule has 2 aromatic rings. The van der Waals surface area contributed by atoms with Crippen molar-refractivity contribution >= 4 is 18.0 Å². The Hall–Kier alpha value is -3.35. The molecule has 3 rings (SSSR count). The molecule has 2 amide bonds. The van der Waals surface area contributed by atoms with Gasteiger partial charge in [0.05, 0.1) is 5.92 Å². The number of nitrogens with one attached hydrogen (secondary N) is 2. The number of carbonyl (C=O) groups excluding carboxylic acids is 2. The highest BCUT2D eigenvalue weighted by Crippen LogP contribution is 2.44. The summed E-state index contributed by atoms with van der Waals surface area (Å²) < 4.78 is 5.45. The average molecular weight is 439 g/mol. The minimum absolute atomic E-state index is 0.0169. The van der Waals surface area contributed by atoms with Gasteiger partial charge in [-0.3, -0.25) is 9.59 Å². The SMILES string of the molecule is CC(C)CC(CNC(=O)C(C)NC(=O)OCC1c2ccccc2-c2ccccc21)C(=O)O. The van der Waals surface area contributed by atoms with Crippen molar-refractivity contribution in [1.82, 2.24) is 10.6 Å². The molecule has 3 N–H and O–H groups in total. The first kappa shape index (κ1) is 23.3. The van der Waals surface area contributed by atoms with Crippen molar-refractivity contribution in [1.29, 1.82) is 0 Å². The van der Waals surface area contributed by atoms with Crippen LogP contribution in [0.3, 0.4) is 0 Å². The number of hydrogen-bond donors (Lipinski definition) is 3. The average Bonchev–Trinajstić information content (AvgIpc) is 3.08. The molecular formula is C25H30N2O5. The van der Waals surface area contributed by atoms with E-state index in [9.17, 15) is 19.5 Å². The Balaban J connectivity index is 1.53. The van der Waals surface area contributed by atoms with E-state index in [1.165, 1.54) is 6.92 Å². The van der Waals surface area contributed by atoms with Crippen LogP contribution in [0, 0.1) is 11.8 Å². The quantitative estimate of drug-likeness (QED) is 0.553. The molecule has 2 aromatic carbocycles. The number of rotatable bonds is 9. The molecule has 7 nitrogen and oxygen atoms in total. The summed E-state index contributed by atoms with van der Waals surface area (Å²) in [5.41, 5.74) is 4.49. The molecule has 1 aliphatic carbocycles. The lowest BCUT2D eigenvalue weighted by molar-refractivity contribution is -0.142. The van der Waals surface area contributed by atoms with Crippen LogP contribution >= 0.6 is 0 Å². The molecular weight excluding hydrogens is 408 g/mol. The van der Waals surface area contributed by atoms with Gasteiger partial charge in [0.2, 0.25) is 5.91 Å². The minimum Gasteiger partial charge on any atom is -0.481 e. The lowest BCUT2D eigenvalue weighted by atomic mass is 9.97. The van der Waals surface area contributed by atoms with E-state index in [2.05, 4.69) is 22.8 Å². The van der Waals surface area contributed by atoms with Crippen LogP contribution in [0.5, 0.6) is 0 Å². The Labute approximate surface area is 188 Å². The second-order valence-corrected chi connectivity index (χ2v) is 8.60. The number of amides is 2. The van der Waals surface area contributed by atoms with Gasteiger partial charge in [-0.1, -0.05) is 62.4 Å². The zero-order valence-electron chi connectivity index (χ0n) is 18.6. The summed E-state index contributed by atoms with van der Waals surface area (Å²) in [7, 11) is 0. The predicted octanol–water partition coefficient (Wildman–Crippen LogP) is 3.78. The van der Waals surface area contributed by atoms with Crippen LogP contribution in [0.2, 0.25) is 0 Å². The van der Waals surface area contributed by atoms with E-state index in [0.29, 0.717) is 6.42 Å². The zero-order valence-corrected chi connectivity index (χ0v) is 18.6. The van der Waals surface area contributed by atoms with Crippen LogP contribution in [-0.2, 0) is 14.3 Å². The van der Waals surface area contributed by atoms with E-state index in [0.717, 1.165) is 22.3 Å². The number of fused-ring (bicyclic) bond motifs is 3. The molecule has 0 heterocycles. The summed E-state index contributed by atoms with van der Waals surface area (Å²) in [6.45, 7) is 5.57. The molecule has 0 spiro atoms. The van der Waals surface area contributed by atoms with Gasteiger partial charge in [-0.15, -0.1) is 0 Å². The molecule has 170 valence electrons. The van der Waals surface area contributed by atoms with Gasteiger partial charge in [0.15, 0.2) is 0 Å². The largest absolute Gasteiger partial charge is 0.481 e. The van der Waals surface area contributed by atoms with Gasteiger partial charge < -0.3 is 20.5 Å². The topological polar surface area (TPSA) is 105 Å². The summed E-state index contributed by atoms with van der Waals surface area (Å²) in [5, 5.41) is 14.4. The molecule has 1 aliphatic rings. The maximum Gasteiger partial charge on any atom is 0.407 e. The second-order valence-electron chi connectivity index (χ2n) is 8.60. The van der Waals surface area contributed by atoms with Crippen LogP contribution in [0.4, 0.5) is 4.79 Å². The van der Waals surface area contributed by atoms with Crippen molar-refractivity contribution in [3.8, 4) is 11.1 Å². The monoisotopic (exact) mass is 438 g/mol. The first-order valence-corrected chi connectivity index (χ1v) is 10.9. The third-order valence-corrected chi connectivity index (χ3v) is 5.70. The molecule has 0 radical (unpaired) electrons. The summed E-state index contributed by atoms with van der Waals surface area (Å²) in [5.74, 6) is -1.93. The number of carbonyl (C=O) groups is 3. The molecule has 7 heteroatoms. The van der Waals surface area contributed by atoms with E-state index in [-0.39, 0.29) is 25.0 Å². The standard InChI is InChI=1S/C25H30N2O5/c1-15(2)12-17(24(29)30)13-26-23(28)16(3)27-25(31)32-14-22-20-10-6-4-8-18(20)19-9-5-7-11-21(19)22/h4-11,15-17,22H,12-14H2,1-3H3,(H,26,28)(H,27,31)(H,29,30). The van der Waals surface area contributed by atoms with Gasteiger partial charge in [-0.25, -0.2) is 4.79 Å². The lowest BCUT2D eigenvalue weighted by Gasteiger charge is -2.19. The van der Waals surface area contributed by atoms with E-state index < -0.39 is 29.9 Å². The van der Waals surface area contributed by atoms with Crippen molar-refractivity contribution in [3.05, 3.63) is 59.7 Å². The van der Waals surface area contributed by atoms with Gasteiger partial charge in [0.25, 0.3) is 0 Å². The van der Waals surface area contributed by atoms with E-state index in [1.54, 1.807) is 0 Å². The maximum atomic E-state index is 12.3. The fourth-order valence-electron chi connectivity index (χ4n) is 4.10. The molecule has 0 bridgehead atoms. The molecule has 0 aromatic heterocycles. The fourth-order valence-corrected chi connectivity index (χ4v) is 4.10. The van der Waals surface area contributed by atoms with Gasteiger partial charge >= 0.3 is 12.1 Å². The van der Waals surface area contributed by atoms with E-state index in [4.69, 9.17) is 4.74 Å². The van der Waals surface area contributed by atoms with Crippen molar-refractivity contribution in [2.45, 2.75) is 39.2 Å². The highest BCUT2D eigenvalue weighted by Gasteiger charge is 2.29. The summed E-state index contributed by atoms with van der Waals surface area (Å²) in [4.78, 5) is 36.0. The molecule has 2 unspecified atom stereocenters. The third-order valence-electron chi connectivity index (χ3n) is 5.70. The highest BCUT2D eigenvalue weighted by atomic mass is 16.5. The molecule has 0 saturated carbocycles. The number of carboxylic acids is 1. The van der Waals surface area contributed by atoms with Gasteiger partial charge in [-0.2, -0.15) is 0 Å². The smallest absolute Gasteiger partial charge is 0.407 e. The Bertz CT molecular complexity index is 942. The number of carboxylic acid groups (broad SMARTS) is 1. The van der Waals surface area contributed by atoms with E-state index in [1.807, 2.05) is 50.2 Å². The minimum atomic E-state index is -0.948. The van der Waals surface area contributed by atoms with Crippen LogP contribution in [0.25, 0.3) is 11.1 Å². The van der Waals surface area contributed by atoms with Crippen LogP contribution in [0.15, 0.2) is 48.5 Å². The number of ether oxygens (including phenoxy) is 1. The maximum absolute atomic E-state index is 12.3. The molecule has 0 fully saturated rings. The van der Waals surface area contributed by atoms with Crippen LogP contribution in [-0.4, -0.2) is 42.3 Å². The Kier molecular flexibility index (Phi) is 7.51. The molecule has 0 saturated heterocycles. The third kappa shape index (κ3) is 5.46. The lowest BCUT2D eigenvalue weighted by Crippen LogP contribution is -2.47. The number of hydrogen-bond acceptors (Lipinski definition) is 4. The normalized spacial score (nSPS) is 14.2. The van der Waals surface area contributed by atoms with Gasteiger partial charge in [0, 0.05) is 12.5 Å². The zero-order chi connectivity index (χ0) is 23.3. The first-order chi connectivity index (χ1) is 15.3. The second kappa shape index (κ2) is 10.3. The van der Waals surface area contributed by atoms with Crippen molar-refractivity contribution < 1.29 is 24.2 Å². The molecule has 32 heavy (non-hydrogen) atoms. The van der Waals surface area contributed by atoms with Gasteiger partial charge in [0.1, 0.15) is 12.6 Å². The van der Waals surface area contributed by atoms with Crippen molar-refractivity contribution in [2.75, 3.05) is 13.2 Å². The van der Waals surface area contributed by atoms with Crippen LogP contribution < -0.4 is 10.6 Å². The summed E-state index contributed by atoms with van der Waals surface area (Å²) in [6, 6.07) is 15.3. The first-order valence-electron chi connectivity index (χ1n) is 10.9. The van der Waals surface area contributed by atoms with Crippen molar-refractivity contribution in [2.24, 2.45) is 11.8 Å². The predicted molar refractivity (Wildman–Crippen MR) is 121 cm³/mol. The Morgan fingerprint density at radius 3 is 2.06 bits per heavy atom. The van der Waals surface area contributed by atoms with Gasteiger partial charge in [-0.05, 0) is 41.5 Å². The summed E-state index contributed by atoms with van der Waals surface area (Å²) in [6.07, 6.45) is -0.226. The number of aliphatic carboxylic acids is 1. The molecule has 0 aliphatic heterocycles. The van der Waals surface area contributed by atoms with Crippen LogP contribution in [0.1, 0.15) is 44.2 Å². The molecule has 2 atom stereocenters. The number of alkyl carbamates (subject to hydrolysis) is 1. The summed E-state index contributed by atoms with van der Waals surface area (Å²) >= 11 is 0. The Morgan fingerprint density at radius 1 is 0.969 bits per heavy atom. The van der Waals surface area contributed by atoms with E-state index >= 15 is 0 Å². The Morgan fingerprint density at radius 2 is 1.53 bits per heavy atom. The highest BCUT2D eigenvalue weighted by molar-refractivity contribution is 5.85. The number of benzene rings is 2. The fraction of sp³-hybridized carbons (Fsp3) is 0.400. The van der Waals surface area contributed by atoms with Crippen molar-refractivity contribution in [3.63, 3.8) is 0 Å².